The van der Waals surface area contributed by atoms with Crippen LogP contribution in [0.25, 0.3) is 0 Å². The van der Waals surface area contributed by atoms with E-state index >= 15 is 0 Å². The molecule has 1 aliphatic carbocycles. The zero-order valence-electron chi connectivity index (χ0n) is 11.0. The van der Waals surface area contributed by atoms with Crippen molar-refractivity contribution in [1.82, 2.24) is 0 Å². The van der Waals surface area contributed by atoms with Gasteiger partial charge in [0.25, 0.3) is 0 Å². The highest BCUT2D eigenvalue weighted by Crippen LogP contribution is 2.39. The van der Waals surface area contributed by atoms with Crippen molar-refractivity contribution in [3.8, 4) is 0 Å². The predicted octanol–water partition coefficient (Wildman–Crippen LogP) is 4.68. The Kier molecular flexibility index (Phi) is 4.82. The van der Waals surface area contributed by atoms with Crippen molar-refractivity contribution in [2.75, 3.05) is 0 Å². The summed E-state index contributed by atoms with van der Waals surface area (Å²) in [4.78, 5) is 11.2. The maximum Gasteiger partial charge on any atom is 0.224 e. The van der Waals surface area contributed by atoms with Gasteiger partial charge < -0.3 is 0 Å². The van der Waals surface area contributed by atoms with Crippen molar-refractivity contribution in [3.63, 3.8) is 0 Å². The van der Waals surface area contributed by atoms with E-state index in [1.165, 1.54) is 30.4 Å². The maximum atomic E-state index is 11.2. The van der Waals surface area contributed by atoms with E-state index in [4.69, 9.17) is 11.6 Å². The monoisotopic (exact) mass is 264 g/mol. The Morgan fingerprint density at radius 2 is 2.00 bits per heavy atom. The minimum absolute atomic E-state index is 0.0800. The Balaban J connectivity index is 1.96. The average molecular weight is 265 g/mol. The number of aryl methyl sites for hydroxylation is 1. The molecule has 2 unspecified atom stereocenters. The normalized spacial score (nSPS) is 23.2. The van der Waals surface area contributed by atoms with Crippen LogP contribution in [0, 0.1) is 5.92 Å². The molecule has 98 valence electrons. The van der Waals surface area contributed by atoms with Crippen molar-refractivity contribution in [2.24, 2.45) is 5.92 Å². The van der Waals surface area contributed by atoms with E-state index < -0.39 is 0 Å². The zero-order valence-corrected chi connectivity index (χ0v) is 11.7. The fourth-order valence-electron chi connectivity index (χ4n) is 2.83. The van der Waals surface area contributed by atoms with Crippen LogP contribution >= 0.6 is 11.6 Å². The number of benzene rings is 1. The number of rotatable bonds is 5. The first-order valence-electron chi connectivity index (χ1n) is 6.99. The first kappa shape index (κ1) is 13.6. The van der Waals surface area contributed by atoms with E-state index in [0.717, 1.165) is 19.3 Å². The van der Waals surface area contributed by atoms with Gasteiger partial charge in [-0.1, -0.05) is 37.6 Å². The Hall–Kier alpha value is -0.820. The SMILES string of the molecule is CCCCc1ccc(C2CCC(C(=O)Cl)C2)cc1. The van der Waals surface area contributed by atoms with E-state index in [2.05, 4.69) is 31.2 Å². The van der Waals surface area contributed by atoms with Crippen molar-refractivity contribution < 1.29 is 4.79 Å². The molecule has 0 bridgehead atoms. The lowest BCUT2D eigenvalue weighted by Crippen LogP contribution is -2.03. The molecule has 1 aromatic rings. The summed E-state index contributed by atoms with van der Waals surface area (Å²) in [5.41, 5.74) is 2.79. The van der Waals surface area contributed by atoms with Crippen LogP contribution in [0.3, 0.4) is 0 Å². The van der Waals surface area contributed by atoms with Crippen LogP contribution in [-0.2, 0) is 11.2 Å². The first-order chi connectivity index (χ1) is 8.70. The summed E-state index contributed by atoms with van der Waals surface area (Å²) in [6.07, 6.45) is 6.64. The second kappa shape index (κ2) is 6.38. The molecule has 0 aromatic heterocycles. The lowest BCUT2D eigenvalue weighted by atomic mass is 9.95. The Labute approximate surface area is 115 Å². The van der Waals surface area contributed by atoms with Gasteiger partial charge in [-0.2, -0.15) is 0 Å². The molecule has 18 heavy (non-hydrogen) atoms. The summed E-state index contributed by atoms with van der Waals surface area (Å²) in [6, 6.07) is 8.94. The van der Waals surface area contributed by atoms with Crippen LogP contribution < -0.4 is 0 Å². The summed E-state index contributed by atoms with van der Waals surface area (Å²) >= 11 is 5.58. The maximum absolute atomic E-state index is 11.2. The smallest absolute Gasteiger partial charge is 0.224 e. The van der Waals surface area contributed by atoms with Gasteiger partial charge in [-0.3, -0.25) is 4.79 Å². The molecule has 0 heterocycles. The number of hydrogen-bond acceptors (Lipinski definition) is 1. The van der Waals surface area contributed by atoms with Gasteiger partial charge in [0.2, 0.25) is 5.24 Å². The molecule has 0 aliphatic heterocycles. The second-order valence-electron chi connectivity index (χ2n) is 5.36. The zero-order chi connectivity index (χ0) is 13.0. The summed E-state index contributed by atoms with van der Waals surface area (Å²) in [6.45, 7) is 2.22. The molecule has 1 nitrogen and oxygen atoms in total. The third kappa shape index (κ3) is 3.35. The molecule has 0 spiro atoms. The largest absolute Gasteiger partial charge is 0.281 e. The third-order valence-electron chi connectivity index (χ3n) is 4.02. The van der Waals surface area contributed by atoms with E-state index in [9.17, 15) is 4.79 Å². The van der Waals surface area contributed by atoms with E-state index in [0.29, 0.717) is 5.92 Å². The highest BCUT2D eigenvalue weighted by atomic mass is 35.5. The molecule has 1 fully saturated rings. The van der Waals surface area contributed by atoms with Gasteiger partial charge in [0.05, 0.1) is 0 Å². The van der Waals surface area contributed by atoms with Gasteiger partial charge in [0.1, 0.15) is 0 Å². The van der Waals surface area contributed by atoms with Crippen LogP contribution in [0.5, 0.6) is 0 Å². The number of carbonyl (C=O) groups is 1. The topological polar surface area (TPSA) is 17.1 Å². The van der Waals surface area contributed by atoms with Crippen LogP contribution in [0.1, 0.15) is 56.1 Å². The van der Waals surface area contributed by atoms with Crippen LogP contribution in [0.15, 0.2) is 24.3 Å². The lowest BCUT2D eigenvalue weighted by molar-refractivity contribution is -0.114. The van der Waals surface area contributed by atoms with Crippen LogP contribution in [0.4, 0.5) is 0 Å². The molecule has 0 radical (unpaired) electrons. The molecule has 1 aromatic carbocycles. The molecule has 2 rings (SSSR count). The molecule has 2 atom stereocenters. The summed E-state index contributed by atoms with van der Waals surface area (Å²) in [5, 5.41) is -0.155. The van der Waals surface area contributed by atoms with Crippen molar-refractivity contribution in [3.05, 3.63) is 35.4 Å². The number of unbranched alkanes of at least 4 members (excludes halogenated alkanes) is 1. The molecule has 0 amide bonds. The van der Waals surface area contributed by atoms with Gasteiger partial charge in [0.15, 0.2) is 0 Å². The third-order valence-corrected chi connectivity index (χ3v) is 4.33. The highest BCUT2D eigenvalue weighted by molar-refractivity contribution is 6.64. The standard InChI is InChI=1S/C16H21ClO/c1-2-3-4-12-5-7-13(8-6-12)14-9-10-15(11-14)16(17)18/h5-8,14-15H,2-4,9-11H2,1H3. The first-order valence-corrected chi connectivity index (χ1v) is 7.36. The Morgan fingerprint density at radius 1 is 1.28 bits per heavy atom. The fraction of sp³-hybridized carbons (Fsp3) is 0.562. The molecule has 1 saturated carbocycles. The summed E-state index contributed by atoms with van der Waals surface area (Å²) < 4.78 is 0. The van der Waals surface area contributed by atoms with Gasteiger partial charge in [-0.15, -0.1) is 0 Å². The fourth-order valence-corrected chi connectivity index (χ4v) is 3.03. The van der Waals surface area contributed by atoms with E-state index in [1.54, 1.807) is 0 Å². The van der Waals surface area contributed by atoms with Crippen LogP contribution in [0.2, 0.25) is 0 Å². The average Bonchev–Trinajstić information content (AvgIpc) is 2.87. The second-order valence-corrected chi connectivity index (χ2v) is 5.73. The molecular weight excluding hydrogens is 244 g/mol. The molecular formula is C16H21ClO. The Bertz CT molecular complexity index is 396. The van der Waals surface area contributed by atoms with Crippen LogP contribution in [-0.4, -0.2) is 5.24 Å². The molecule has 0 saturated heterocycles. The van der Waals surface area contributed by atoms with Gasteiger partial charge in [-0.25, -0.2) is 0 Å². The number of hydrogen-bond donors (Lipinski definition) is 0. The molecule has 0 N–H and O–H groups in total. The quantitative estimate of drug-likeness (QED) is 0.706. The minimum Gasteiger partial charge on any atom is -0.281 e. The summed E-state index contributed by atoms with van der Waals surface area (Å²) in [5.74, 6) is 0.606. The van der Waals surface area contributed by atoms with Crippen molar-refractivity contribution in [2.45, 2.75) is 51.4 Å². The predicted molar refractivity (Wildman–Crippen MR) is 76.0 cm³/mol. The Morgan fingerprint density at radius 3 is 2.56 bits per heavy atom. The summed E-state index contributed by atoms with van der Waals surface area (Å²) in [7, 11) is 0. The van der Waals surface area contributed by atoms with E-state index in [-0.39, 0.29) is 11.2 Å². The van der Waals surface area contributed by atoms with Gasteiger partial charge in [-0.05, 0) is 60.7 Å². The number of halogens is 1. The number of carbonyl (C=O) groups excluding carboxylic acids is 1. The van der Waals surface area contributed by atoms with Gasteiger partial charge in [0, 0.05) is 5.92 Å². The molecule has 2 heteroatoms. The van der Waals surface area contributed by atoms with Crippen molar-refractivity contribution in [1.29, 1.82) is 0 Å². The van der Waals surface area contributed by atoms with Crippen molar-refractivity contribution >= 4 is 16.8 Å². The lowest BCUT2D eigenvalue weighted by Gasteiger charge is -2.11. The highest BCUT2D eigenvalue weighted by Gasteiger charge is 2.29. The van der Waals surface area contributed by atoms with E-state index in [1.807, 2.05) is 0 Å². The minimum atomic E-state index is -0.155. The molecule has 1 aliphatic rings. The van der Waals surface area contributed by atoms with Gasteiger partial charge >= 0.3 is 0 Å².